The zero-order chi connectivity index (χ0) is 17.9. The zero-order valence-corrected chi connectivity index (χ0v) is 15.5. The number of rotatable bonds is 6. The molecule has 1 saturated heterocycles. The van der Waals surface area contributed by atoms with Gasteiger partial charge in [-0.1, -0.05) is 6.92 Å². The first-order chi connectivity index (χ1) is 11.3. The summed E-state index contributed by atoms with van der Waals surface area (Å²) in [5, 5.41) is 13.2. The lowest BCUT2D eigenvalue weighted by Crippen LogP contribution is -2.35. The highest BCUT2D eigenvalue weighted by Gasteiger charge is 2.33. The Morgan fingerprint density at radius 2 is 2.08 bits per heavy atom. The first kappa shape index (κ1) is 18.5. The second-order valence-corrected chi connectivity index (χ2v) is 7.09. The Labute approximate surface area is 145 Å². The minimum Gasteiger partial charge on any atom is -0.341 e. The van der Waals surface area contributed by atoms with Crippen LogP contribution in [0.2, 0.25) is 0 Å². The van der Waals surface area contributed by atoms with Crippen molar-refractivity contribution in [2.75, 3.05) is 27.2 Å². The van der Waals surface area contributed by atoms with Crippen LogP contribution in [0.3, 0.4) is 0 Å². The Morgan fingerprint density at radius 3 is 2.67 bits per heavy atom. The largest absolute Gasteiger partial charge is 0.341 e. The van der Waals surface area contributed by atoms with E-state index in [2.05, 4.69) is 37.1 Å². The molecule has 0 spiro atoms. The van der Waals surface area contributed by atoms with Gasteiger partial charge in [0, 0.05) is 31.2 Å². The van der Waals surface area contributed by atoms with Gasteiger partial charge in [-0.05, 0) is 45.8 Å². The molecule has 1 aliphatic heterocycles. The Morgan fingerprint density at radius 1 is 1.38 bits per heavy atom. The van der Waals surface area contributed by atoms with Crippen molar-refractivity contribution in [3.63, 3.8) is 0 Å². The van der Waals surface area contributed by atoms with Crippen molar-refractivity contribution in [2.24, 2.45) is 5.92 Å². The molecule has 2 heterocycles. The standard InChI is InChI=1S/C18H29N5O/c1-13-11-22(12-17(13)21(4)5)18(24)8-7-16-14(2)20-23(15(16)3)10-6-9-19/h13,17H,6-8,10-12H2,1-5H3/t13-,17+/m0/s1. The molecule has 2 rings (SSSR count). The number of amides is 1. The van der Waals surface area contributed by atoms with Crippen molar-refractivity contribution in [2.45, 2.75) is 52.6 Å². The third-order valence-electron chi connectivity index (χ3n) is 5.14. The highest BCUT2D eigenvalue weighted by molar-refractivity contribution is 5.77. The number of carbonyl (C=O) groups is 1. The topological polar surface area (TPSA) is 65.2 Å². The number of nitriles is 1. The van der Waals surface area contributed by atoms with E-state index in [1.54, 1.807) is 0 Å². The van der Waals surface area contributed by atoms with E-state index in [1.807, 2.05) is 23.4 Å². The monoisotopic (exact) mass is 331 g/mol. The van der Waals surface area contributed by atoms with E-state index >= 15 is 0 Å². The smallest absolute Gasteiger partial charge is 0.222 e. The van der Waals surface area contributed by atoms with Crippen LogP contribution in [-0.2, 0) is 17.8 Å². The van der Waals surface area contributed by atoms with E-state index in [9.17, 15) is 4.79 Å². The van der Waals surface area contributed by atoms with Crippen molar-refractivity contribution in [3.05, 3.63) is 17.0 Å². The summed E-state index contributed by atoms with van der Waals surface area (Å²) in [7, 11) is 4.16. The van der Waals surface area contributed by atoms with Crippen LogP contribution < -0.4 is 0 Å². The van der Waals surface area contributed by atoms with Gasteiger partial charge in [0.15, 0.2) is 0 Å². The van der Waals surface area contributed by atoms with Crippen molar-refractivity contribution in [1.29, 1.82) is 5.26 Å². The number of carbonyl (C=O) groups excluding carboxylic acids is 1. The molecule has 1 aromatic rings. The molecule has 6 heteroatoms. The summed E-state index contributed by atoms with van der Waals surface area (Å²) in [6.45, 7) is 8.51. The fourth-order valence-electron chi connectivity index (χ4n) is 3.68. The molecule has 0 bridgehead atoms. The number of likely N-dealkylation sites (N-methyl/N-ethyl adjacent to an activating group) is 1. The SMILES string of the molecule is Cc1nn(CCC#N)c(C)c1CCC(=O)N1C[C@@H](N(C)C)[C@@H](C)C1. The van der Waals surface area contributed by atoms with Gasteiger partial charge in [0.25, 0.3) is 0 Å². The number of nitrogens with zero attached hydrogens (tertiary/aromatic N) is 5. The van der Waals surface area contributed by atoms with Crippen molar-refractivity contribution < 1.29 is 4.79 Å². The van der Waals surface area contributed by atoms with E-state index in [1.165, 1.54) is 0 Å². The molecule has 1 aliphatic rings. The quantitative estimate of drug-likeness (QED) is 0.797. The molecular weight excluding hydrogens is 302 g/mol. The number of aryl methyl sites for hydroxylation is 2. The molecule has 1 amide bonds. The van der Waals surface area contributed by atoms with Crippen molar-refractivity contribution >= 4 is 5.91 Å². The normalized spacial score (nSPS) is 20.6. The highest BCUT2D eigenvalue weighted by atomic mass is 16.2. The molecule has 1 aromatic heterocycles. The van der Waals surface area contributed by atoms with Crippen LogP contribution >= 0.6 is 0 Å². The van der Waals surface area contributed by atoms with Crippen molar-refractivity contribution in [1.82, 2.24) is 19.6 Å². The summed E-state index contributed by atoms with van der Waals surface area (Å²) < 4.78 is 1.89. The van der Waals surface area contributed by atoms with Gasteiger partial charge in [-0.2, -0.15) is 10.4 Å². The van der Waals surface area contributed by atoms with Gasteiger partial charge in [0.2, 0.25) is 5.91 Å². The van der Waals surface area contributed by atoms with Gasteiger partial charge in [-0.3, -0.25) is 9.48 Å². The lowest BCUT2D eigenvalue weighted by Gasteiger charge is -2.22. The molecule has 0 radical (unpaired) electrons. The molecular formula is C18H29N5O. The van der Waals surface area contributed by atoms with Crippen LogP contribution in [-0.4, -0.2) is 58.7 Å². The average molecular weight is 331 g/mol. The summed E-state index contributed by atoms with van der Waals surface area (Å²) in [6, 6.07) is 2.60. The van der Waals surface area contributed by atoms with Crippen LogP contribution in [0.5, 0.6) is 0 Å². The fourth-order valence-corrected chi connectivity index (χ4v) is 3.68. The van der Waals surface area contributed by atoms with E-state index in [0.29, 0.717) is 31.3 Å². The number of hydrogen-bond acceptors (Lipinski definition) is 4. The van der Waals surface area contributed by atoms with Gasteiger partial charge in [-0.25, -0.2) is 0 Å². The van der Waals surface area contributed by atoms with E-state index in [-0.39, 0.29) is 5.91 Å². The van der Waals surface area contributed by atoms with Crippen molar-refractivity contribution in [3.8, 4) is 6.07 Å². The number of aromatic nitrogens is 2. The third-order valence-corrected chi connectivity index (χ3v) is 5.14. The van der Waals surface area contributed by atoms with E-state index in [0.717, 1.165) is 36.5 Å². The highest BCUT2D eigenvalue weighted by Crippen LogP contribution is 2.22. The molecule has 6 nitrogen and oxygen atoms in total. The Kier molecular flexibility index (Phi) is 6.00. The van der Waals surface area contributed by atoms with E-state index < -0.39 is 0 Å². The predicted octanol–water partition coefficient (Wildman–Crippen LogP) is 1.75. The van der Waals surface area contributed by atoms with Gasteiger partial charge in [0.05, 0.1) is 24.7 Å². The van der Waals surface area contributed by atoms with Crippen LogP contribution in [0.15, 0.2) is 0 Å². The second-order valence-electron chi connectivity index (χ2n) is 7.09. The predicted molar refractivity (Wildman–Crippen MR) is 93.5 cm³/mol. The Balaban J connectivity index is 1.95. The van der Waals surface area contributed by atoms with Gasteiger partial charge in [0.1, 0.15) is 0 Å². The van der Waals surface area contributed by atoms with E-state index in [4.69, 9.17) is 5.26 Å². The first-order valence-corrected chi connectivity index (χ1v) is 8.69. The van der Waals surface area contributed by atoms with Crippen LogP contribution in [0.1, 0.15) is 36.7 Å². The molecule has 132 valence electrons. The summed E-state index contributed by atoms with van der Waals surface area (Å²) in [4.78, 5) is 16.8. The third kappa shape index (κ3) is 3.96. The molecule has 1 fully saturated rings. The summed E-state index contributed by atoms with van der Waals surface area (Å²) in [5.41, 5.74) is 3.20. The zero-order valence-electron chi connectivity index (χ0n) is 15.5. The van der Waals surface area contributed by atoms with Crippen LogP contribution in [0.25, 0.3) is 0 Å². The van der Waals surface area contributed by atoms with Gasteiger partial charge in [-0.15, -0.1) is 0 Å². The Hall–Kier alpha value is -1.87. The van der Waals surface area contributed by atoms with Crippen LogP contribution in [0, 0.1) is 31.1 Å². The molecule has 24 heavy (non-hydrogen) atoms. The van der Waals surface area contributed by atoms with Crippen LogP contribution in [0.4, 0.5) is 0 Å². The first-order valence-electron chi connectivity index (χ1n) is 8.69. The maximum absolute atomic E-state index is 12.6. The second kappa shape index (κ2) is 7.80. The lowest BCUT2D eigenvalue weighted by molar-refractivity contribution is -0.130. The number of likely N-dealkylation sites (tertiary alicyclic amines) is 1. The molecule has 0 saturated carbocycles. The summed E-state index contributed by atoms with van der Waals surface area (Å²) in [5.74, 6) is 0.746. The Bertz CT molecular complexity index is 628. The minimum absolute atomic E-state index is 0.231. The molecule has 0 unspecified atom stereocenters. The summed E-state index contributed by atoms with van der Waals surface area (Å²) >= 11 is 0. The fraction of sp³-hybridized carbons (Fsp3) is 0.722. The van der Waals surface area contributed by atoms with Gasteiger partial charge >= 0.3 is 0 Å². The number of hydrogen-bond donors (Lipinski definition) is 0. The summed E-state index contributed by atoms with van der Waals surface area (Å²) in [6.07, 6.45) is 1.71. The maximum Gasteiger partial charge on any atom is 0.222 e. The average Bonchev–Trinajstić information content (AvgIpc) is 3.04. The molecule has 0 aliphatic carbocycles. The molecule has 0 aromatic carbocycles. The minimum atomic E-state index is 0.231. The molecule has 2 atom stereocenters. The molecule has 0 N–H and O–H groups in total. The maximum atomic E-state index is 12.6. The van der Waals surface area contributed by atoms with Gasteiger partial charge < -0.3 is 9.80 Å². The lowest BCUT2D eigenvalue weighted by atomic mass is 10.1.